The second-order valence-corrected chi connectivity index (χ2v) is 8.72. The Morgan fingerprint density at radius 3 is 2.50 bits per heavy atom. The molecular weight excluding hydrogens is 350 g/mol. The van der Waals surface area contributed by atoms with E-state index in [1.165, 1.54) is 16.0 Å². The molecule has 0 spiro atoms. The quantitative estimate of drug-likeness (QED) is 0.541. The van der Waals surface area contributed by atoms with Gasteiger partial charge in [-0.3, -0.25) is 0 Å². The minimum atomic E-state index is 0.800. The van der Waals surface area contributed by atoms with Gasteiger partial charge >= 0.3 is 0 Å². The van der Waals surface area contributed by atoms with Crippen molar-refractivity contribution in [1.29, 1.82) is 5.26 Å². The van der Waals surface area contributed by atoms with Gasteiger partial charge in [0.1, 0.15) is 6.07 Å². The van der Waals surface area contributed by atoms with Gasteiger partial charge in [-0.1, -0.05) is 11.6 Å². The molecule has 3 aromatic rings. The predicted molar refractivity (Wildman–Crippen MR) is 97.8 cm³/mol. The number of thiophene rings is 3. The molecule has 1 nitrogen and oxygen atoms in total. The molecule has 112 valence electrons. The van der Waals surface area contributed by atoms with Crippen molar-refractivity contribution in [1.82, 2.24) is 0 Å². The Labute approximate surface area is 147 Å². The number of aryl methyl sites for hydroxylation is 2. The van der Waals surface area contributed by atoms with Crippen LogP contribution in [0.2, 0.25) is 4.34 Å². The highest BCUT2D eigenvalue weighted by molar-refractivity contribution is 7.16. The van der Waals surface area contributed by atoms with Crippen LogP contribution in [0.25, 0.3) is 0 Å². The van der Waals surface area contributed by atoms with Gasteiger partial charge in [-0.2, -0.15) is 16.6 Å². The molecule has 0 unspecified atom stereocenters. The third-order valence-electron chi connectivity index (χ3n) is 3.64. The summed E-state index contributed by atoms with van der Waals surface area (Å²) in [5.74, 6) is 0. The molecule has 0 atom stereocenters. The Kier molecular flexibility index (Phi) is 4.70. The molecule has 0 saturated heterocycles. The van der Waals surface area contributed by atoms with Crippen molar-refractivity contribution in [3.8, 4) is 6.07 Å². The van der Waals surface area contributed by atoms with Gasteiger partial charge in [-0.05, 0) is 58.3 Å². The van der Waals surface area contributed by atoms with E-state index in [-0.39, 0.29) is 0 Å². The fraction of sp³-hybridized carbons (Fsp3) is 0.235. The normalized spacial score (nSPS) is 10.8. The number of nitriles is 1. The van der Waals surface area contributed by atoms with E-state index < -0.39 is 0 Å². The third-order valence-corrected chi connectivity index (χ3v) is 7.14. The van der Waals surface area contributed by atoms with Crippen LogP contribution in [0.1, 0.15) is 37.6 Å². The first kappa shape index (κ1) is 15.8. The topological polar surface area (TPSA) is 23.8 Å². The summed E-state index contributed by atoms with van der Waals surface area (Å²) in [6.45, 7) is 4.15. The van der Waals surface area contributed by atoms with Crippen molar-refractivity contribution in [3.63, 3.8) is 0 Å². The van der Waals surface area contributed by atoms with E-state index in [1.807, 2.05) is 6.92 Å². The first-order valence-corrected chi connectivity index (χ1v) is 9.86. The lowest BCUT2D eigenvalue weighted by atomic mass is 10.0. The number of hydrogen-bond acceptors (Lipinski definition) is 4. The van der Waals surface area contributed by atoms with Crippen LogP contribution in [0.5, 0.6) is 0 Å². The van der Waals surface area contributed by atoms with Gasteiger partial charge < -0.3 is 0 Å². The predicted octanol–water partition coefficient (Wildman–Crippen LogP) is 6.19. The summed E-state index contributed by atoms with van der Waals surface area (Å²) in [4.78, 5) is 2.36. The summed E-state index contributed by atoms with van der Waals surface area (Å²) in [6.07, 6.45) is 1.65. The number of nitrogens with zero attached hydrogens (tertiary/aromatic N) is 1. The van der Waals surface area contributed by atoms with Crippen LogP contribution in [0.4, 0.5) is 0 Å². The highest BCUT2D eigenvalue weighted by atomic mass is 35.5. The van der Waals surface area contributed by atoms with E-state index >= 15 is 0 Å². The lowest BCUT2D eigenvalue weighted by Crippen LogP contribution is -1.92. The minimum absolute atomic E-state index is 0.800. The van der Waals surface area contributed by atoms with Crippen molar-refractivity contribution in [2.45, 2.75) is 26.7 Å². The monoisotopic (exact) mass is 363 g/mol. The smallest absolute Gasteiger partial charge is 0.101 e. The maximum absolute atomic E-state index is 9.56. The molecule has 0 aliphatic carbocycles. The minimum Gasteiger partial charge on any atom is -0.192 e. The Balaban J connectivity index is 1.87. The van der Waals surface area contributed by atoms with Gasteiger partial charge in [0.2, 0.25) is 0 Å². The summed E-state index contributed by atoms with van der Waals surface area (Å²) in [7, 11) is 0. The lowest BCUT2D eigenvalue weighted by molar-refractivity contribution is 1.16. The maximum Gasteiger partial charge on any atom is 0.101 e. The highest BCUT2D eigenvalue weighted by Crippen LogP contribution is 2.32. The van der Waals surface area contributed by atoms with Gasteiger partial charge in [-0.15, -0.1) is 22.7 Å². The molecular formula is C17H14ClNS3. The number of hydrogen-bond donors (Lipinski definition) is 0. The highest BCUT2D eigenvalue weighted by Gasteiger charge is 2.15. The van der Waals surface area contributed by atoms with E-state index in [4.69, 9.17) is 11.6 Å². The van der Waals surface area contributed by atoms with Crippen molar-refractivity contribution in [3.05, 3.63) is 64.1 Å². The average molecular weight is 364 g/mol. The van der Waals surface area contributed by atoms with Gasteiger partial charge in [-0.25, -0.2) is 0 Å². The first-order chi connectivity index (χ1) is 10.6. The zero-order chi connectivity index (χ0) is 15.7. The second kappa shape index (κ2) is 6.55. The van der Waals surface area contributed by atoms with Crippen LogP contribution in [0.3, 0.4) is 0 Å². The van der Waals surface area contributed by atoms with E-state index in [2.05, 4.69) is 35.2 Å². The van der Waals surface area contributed by atoms with Gasteiger partial charge in [0.25, 0.3) is 0 Å². The SMILES string of the molecule is Cc1cscc1Cc1csc(Cc2cc(C)c(Cl)s2)c1C#N. The largest absolute Gasteiger partial charge is 0.192 e. The van der Waals surface area contributed by atoms with Crippen LogP contribution >= 0.6 is 45.6 Å². The average Bonchev–Trinajstić information content (AvgIpc) is 3.14. The second-order valence-electron chi connectivity index (χ2n) is 5.27. The van der Waals surface area contributed by atoms with Crippen LogP contribution in [0, 0.1) is 25.2 Å². The molecule has 0 N–H and O–H groups in total. The Hall–Kier alpha value is -1.12. The van der Waals surface area contributed by atoms with Crippen LogP contribution in [0.15, 0.2) is 22.2 Å². The third kappa shape index (κ3) is 3.13. The fourth-order valence-electron chi connectivity index (χ4n) is 2.38. The van der Waals surface area contributed by atoms with E-state index in [1.54, 1.807) is 34.0 Å². The van der Waals surface area contributed by atoms with Crippen molar-refractivity contribution < 1.29 is 0 Å². The van der Waals surface area contributed by atoms with E-state index in [0.29, 0.717) is 0 Å². The first-order valence-electron chi connectivity index (χ1n) is 6.84. The van der Waals surface area contributed by atoms with Crippen LogP contribution in [-0.2, 0) is 12.8 Å². The standard InChI is InChI=1S/C17H14ClNS3/c1-10-3-14(22-17(10)18)5-16-15(6-19)13(9-21-16)4-12-8-20-7-11(12)2/h3,7-9H,4-5H2,1-2H3. The molecule has 3 rings (SSSR count). The number of rotatable bonds is 4. The van der Waals surface area contributed by atoms with Gasteiger partial charge in [0.15, 0.2) is 0 Å². The van der Waals surface area contributed by atoms with E-state index in [9.17, 15) is 5.26 Å². The van der Waals surface area contributed by atoms with Gasteiger partial charge in [0.05, 0.1) is 9.90 Å². The molecule has 0 amide bonds. The van der Waals surface area contributed by atoms with Crippen LogP contribution in [-0.4, -0.2) is 0 Å². The fourth-order valence-corrected chi connectivity index (χ4v) is 5.60. The maximum atomic E-state index is 9.56. The molecule has 0 fully saturated rings. The van der Waals surface area contributed by atoms with Crippen molar-refractivity contribution >= 4 is 45.6 Å². The zero-order valence-electron chi connectivity index (χ0n) is 12.3. The molecule has 0 saturated carbocycles. The Bertz CT molecular complexity index is 828. The molecule has 22 heavy (non-hydrogen) atoms. The molecule has 0 radical (unpaired) electrons. The summed E-state index contributed by atoms with van der Waals surface area (Å²) in [6, 6.07) is 4.52. The van der Waals surface area contributed by atoms with Gasteiger partial charge in [0, 0.05) is 22.6 Å². The Morgan fingerprint density at radius 2 is 1.91 bits per heavy atom. The molecule has 0 bridgehead atoms. The lowest BCUT2D eigenvalue weighted by Gasteiger charge is -2.00. The molecule has 0 aliphatic heterocycles. The number of halogens is 1. The summed E-state index contributed by atoms with van der Waals surface area (Å²) in [5, 5.41) is 16.0. The van der Waals surface area contributed by atoms with Crippen LogP contribution < -0.4 is 0 Å². The summed E-state index contributed by atoms with van der Waals surface area (Å²) in [5.41, 5.74) is 5.73. The summed E-state index contributed by atoms with van der Waals surface area (Å²) >= 11 is 11.2. The molecule has 5 heteroatoms. The molecule has 0 aliphatic rings. The molecule has 0 aromatic carbocycles. The summed E-state index contributed by atoms with van der Waals surface area (Å²) < 4.78 is 0.846. The van der Waals surface area contributed by atoms with Crippen molar-refractivity contribution in [2.24, 2.45) is 0 Å². The molecule has 3 aromatic heterocycles. The zero-order valence-corrected chi connectivity index (χ0v) is 15.5. The van der Waals surface area contributed by atoms with E-state index in [0.717, 1.165) is 38.7 Å². The molecule has 3 heterocycles. The Morgan fingerprint density at radius 1 is 1.09 bits per heavy atom. The van der Waals surface area contributed by atoms with Crippen molar-refractivity contribution in [2.75, 3.05) is 0 Å².